The van der Waals surface area contributed by atoms with Gasteiger partial charge in [-0.05, 0) is 19.8 Å². The molecule has 0 amide bonds. The van der Waals surface area contributed by atoms with Gasteiger partial charge in [0.25, 0.3) is 0 Å². The predicted molar refractivity (Wildman–Crippen MR) is 57.5 cm³/mol. The van der Waals surface area contributed by atoms with Crippen molar-refractivity contribution in [3.05, 3.63) is 11.7 Å². The van der Waals surface area contributed by atoms with Crippen molar-refractivity contribution in [2.24, 2.45) is 5.73 Å². The molecule has 2 heterocycles. The molecule has 0 radical (unpaired) electrons. The molecule has 0 bridgehead atoms. The zero-order valence-electron chi connectivity index (χ0n) is 9.09. The number of nitrogens with zero attached hydrogens (tertiary/aromatic N) is 2. The largest absolute Gasteiger partial charge is 0.339 e. The summed E-state index contributed by atoms with van der Waals surface area (Å²) < 4.78 is 28.0. The molecule has 90 valence electrons. The van der Waals surface area contributed by atoms with E-state index >= 15 is 0 Å². The van der Waals surface area contributed by atoms with Gasteiger partial charge in [0.05, 0.1) is 23.5 Å². The van der Waals surface area contributed by atoms with Gasteiger partial charge in [0, 0.05) is 0 Å². The van der Waals surface area contributed by atoms with E-state index in [2.05, 4.69) is 10.1 Å². The Morgan fingerprint density at radius 2 is 2.31 bits per heavy atom. The lowest BCUT2D eigenvalue weighted by Gasteiger charge is -2.18. The van der Waals surface area contributed by atoms with Crippen LogP contribution in [0.4, 0.5) is 0 Å². The lowest BCUT2D eigenvalue weighted by molar-refractivity contribution is 0.345. The first kappa shape index (κ1) is 11.5. The van der Waals surface area contributed by atoms with Crippen molar-refractivity contribution in [3.8, 4) is 0 Å². The van der Waals surface area contributed by atoms with Gasteiger partial charge in [0.2, 0.25) is 5.89 Å². The van der Waals surface area contributed by atoms with Crippen LogP contribution in [-0.2, 0) is 9.84 Å². The highest BCUT2D eigenvalue weighted by atomic mass is 32.2. The molecule has 2 N–H and O–H groups in total. The lowest BCUT2D eigenvalue weighted by Crippen LogP contribution is -2.24. The molecule has 1 aliphatic heterocycles. The minimum atomic E-state index is -2.95. The van der Waals surface area contributed by atoms with Crippen molar-refractivity contribution < 1.29 is 12.9 Å². The molecule has 1 aromatic rings. The topological polar surface area (TPSA) is 99.1 Å². The average molecular weight is 245 g/mol. The number of nitrogens with two attached hydrogens (primary N) is 1. The van der Waals surface area contributed by atoms with Gasteiger partial charge in [-0.1, -0.05) is 5.16 Å². The van der Waals surface area contributed by atoms with E-state index < -0.39 is 9.84 Å². The molecule has 7 heteroatoms. The summed E-state index contributed by atoms with van der Waals surface area (Å²) in [5, 5.41) is 3.73. The van der Waals surface area contributed by atoms with Crippen LogP contribution in [0.1, 0.15) is 43.4 Å². The molecular weight excluding hydrogens is 230 g/mol. The zero-order valence-corrected chi connectivity index (χ0v) is 9.90. The monoisotopic (exact) mass is 245 g/mol. The molecule has 0 saturated carbocycles. The molecule has 1 aliphatic rings. The van der Waals surface area contributed by atoms with Gasteiger partial charge < -0.3 is 10.3 Å². The van der Waals surface area contributed by atoms with Crippen molar-refractivity contribution in [2.45, 2.75) is 31.7 Å². The summed E-state index contributed by atoms with van der Waals surface area (Å²) in [5.41, 5.74) is 5.61. The second-order valence-corrected chi connectivity index (χ2v) is 6.46. The summed E-state index contributed by atoms with van der Waals surface area (Å²) in [6.07, 6.45) is 1.43. The van der Waals surface area contributed by atoms with Crippen LogP contribution < -0.4 is 5.73 Å². The number of aromatic nitrogens is 2. The molecule has 6 nitrogen and oxygen atoms in total. The molecule has 1 saturated heterocycles. The first-order valence-electron chi connectivity index (χ1n) is 5.27. The van der Waals surface area contributed by atoms with Crippen LogP contribution in [0.2, 0.25) is 0 Å². The van der Waals surface area contributed by atoms with Crippen LogP contribution in [0, 0.1) is 0 Å². The van der Waals surface area contributed by atoms with E-state index in [1.165, 1.54) is 0 Å². The number of sulfone groups is 1. The van der Waals surface area contributed by atoms with Gasteiger partial charge in [-0.25, -0.2) is 8.42 Å². The fourth-order valence-corrected chi connectivity index (χ4v) is 3.51. The highest BCUT2D eigenvalue weighted by molar-refractivity contribution is 7.91. The first-order chi connectivity index (χ1) is 7.48. The minimum Gasteiger partial charge on any atom is -0.339 e. The molecule has 0 aromatic carbocycles. The standard InChI is InChI=1S/C9H15N3O3S/c1-6(10)8-11-9(15-12-8)7-3-2-4-16(13,14)5-7/h6-7H,2-5,10H2,1H3. The SMILES string of the molecule is CC(N)c1noc(C2CCCS(=O)(=O)C2)n1. The fourth-order valence-electron chi connectivity index (χ4n) is 1.82. The third kappa shape index (κ3) is 2.41. The van der Waals surface area contributed by atoms with Gasteiger partial charge in [0.15, 0.2) is 15.7 Å². The average Bonchev–Trinajstić information content (AvgIpc) is 2.64. The van der Waals surface area contributed by atoms with E-state index in [0.29, 0.717) is 18.1 Å². The van der Waals surface area contributed by atoms with Crippen molar-refractivity contribution in [3.63, 3.8) is 0 Å². The van der Waals surface area contributed by atoms with Crippen molar-refractivity contribution >= 4 is 9.84 Å². The van der Waals surface area contributed by atoms with E-state index in [0.717, 1.165) is 6.42 Å². The smallest absolute Gasteiger partial charge is 0.230 e. The summed E-state index contributed by atoms with van der Waals surface area (Å²) in [7, 11) is -2.95. The second-order valence-electron chi connectivity index (χ2n) is 4.23. The van der Waals surface area contributed by atoms with Gasteiger partial charge in [-0.15, -0.1) is 0 Å². The maximum absolute atomic E-state index is 11.5. The Balaban J connectivity index is 2.17. The maximum atomic E-state index is 11.5. The Labute approximate surface area is 94.1 Å². The summed E-state index contributed by atoms with van der Waals surface area (Å²) >= 11 is 0. The summed E-state index contributed by atoms with van der Waals surface area (Å²) in [6, 6.07) is -0.294. The molecule has 2 atom stereocenters. The Morgan fingerprint density at radius 1 is 1.56 bits per heavy atom. The van der Waals surface area contributed by atoms with Crippen LogP contribution in [0.5, 0.6) is 0 Å². The normalized spacial score (nSPS) is 26.5. The van der Waals surface area contributed by atoms with Crippen molar-refractivity contribution in [1.29, 1.82) is 0 Å². The van der Waals surface area contributed by atoms with Crippen LogP contribution in [0.25, 0.3) is 0 Å². The van der Waals surface area contributed by atoms with Gasteiger partial charge in [-0.2, -0.15) is 4.98 Å². The molecule has 0 spiro atoms. The summed E-state index contributed by atoms with van der Waals surface area (Å²) in [6.45, 7) is 1.76. The van der Waals surface area contributed by atoms with Crippen molar-refractivity contribution in [1.82, 2.24) is 10.1 Å². The van der Waals surface area contributed by atoms with Crippen molar-refractivity contribution in [2.75, 3.05) is 11.5 Å². The summed E-state index contributed by atoms with van der Waals surface area (Å²) in [4.78, 5) is 4.13. The third-order valence-corrected chi connectivity index (χ3v) is 4.50. The van der Waals surface area contributed by atoms with E-state index in [9.17, 15) is 8.42 Å². The second kappa shape index (κ2) is 4.14. The Bertz CT molecular complexity index is 466. The molecule has 16 heavy (non-hydrogen) atoms. The highest BCUT2D eigenvalue weighted by Crippen LogP contribution is 2.27. The minimum absolute atomic E-state index is 0.105. The number of hydrogen-bond donors (Lipinski definition) is 1. The quantitative estimate of drug-likeness (QED) is 0.808. The van der Waals surface area contributed by atoms with E-state index in [4.69, 9.17) is 10.3 Å². The molecule has 0 aliphatic carbocycles. The predicted octanol–water partition coefficient (Wildman–Crippen LogP) is 0.382. The van der Waals surface area contributed by atoms with E-state index in [-0.39, 0.29) is 23.5 Å². The first-order valence-corrected chi connectivity index (χ1v) is 7.09. The third-order valence-electron chi connectivity index (χ3n) is 2.68. The zero-order chi connectivity index (χ0) is 11.8. The number of rotatable bonds is 2. The Hall–Kier alpha value is -0.950. The lowest BCUT2D eigenvalue weighted by atomic mass is 10.1. The number of hydrogen-bond acceptors (Lipinski definition) is 6. The molecule has 2 rings (SSSR count). The maximum Gasteiger partial charge on any atom is 0.230 e. The van der Waals surface area contributed by atoms with Crippen LogP contribution in [-0.4, -0.2) is 30.1 Å². The summed E-state index contributed by atoms with van der Waals surface area (Å²) in [5.74, 6) is 1.03. The van der Waals surface area contributed by atoms with Crippen LogP contribution in [0.3, 0.4) is 0 Å². The van der Waals surface area contributed by atoms with E-state index in [1.807, 2.05) is 0 Å². The van der Waals surface area contributed by atoms with Crippen LogP contribution >= 0.6 is 0 Å². The van der Waals surface area contributed by atoms with Gasteiger partial charge in [-0.3, -0.25) is 0 Å². The fraction of sp³-hybridized carbons (Fsp3) is 0.778. The molecular formula is C9H15N3O3S. The van der Waals surface area contributed by atoms with E-state index in [1.54, 1.807) is 6.92 Å². The molecule has 2 unspecified atom stereocenters. The van der Waals surface area contributed by atoms with Crippen LogP contribution in [0.15, 0.2) is 4.52 Å². The molecule has 1 fully saturated rings. The van der Waals surface area contributed by atoms with Gasteiger partial charge in [0.1, 0.15) is 0 Å². The Morgan fingerprint density at radius 3 is 2.88 bits per heavy atom. The Kier molecular flexibility index (Phi) is 2.98. The van der Waals surface area contributed by atoms with Gasteiger partial charge >= 0.3 is 0 Å². The molecule has 1 aromatic heterocycles. The highest BCUT2D eigenvalue weighted by Gasteiger charge is 2.30.